The van der Waals surface area contributed by atoms with E-state index in [2.05, 4.69) is 17.4 Å². The van der Waals surface area contributed by atoms with Gasteiger partial charge in [-0.05, 0) is 48.4 Å². The van der Waals surface area contributed by atoms with Gasteiger partial charge < -0.3 is 10.1 Å². The molecule has 0 atom stereocenters. The molecular weight excluding hydrogens is 374 g/mol. The van der Waals surface area contributed by atoms with Crippen molar-refractivity contribution in [2.45, 2.75) is 6.42 Å². The first-order valence-corrected chi connectivity index (χ1v) is 9.34. The van der Waals surface area contributed by atoms with E-state index in [4.69, 9.17) is 16.3 Å². The number of ketones is 1. The Balaban J connectivity index is 1.57. The molecule has 0 heterocycles. The predicted octanol–water partition coefficient (Wildman–Crippen LogP) is 5.03. The maximum Gasteiger partial charge on any atom is 0.340 e. The Kier molecular flexibility index (Phi) is 6.82. The largest absolute Gasteiger partial charge is 0.454 e. The highest BCUT2D eigenvalue weighted by molar-refractivity contribution is 6.30. The number of Topliss-reactive ketones (excluding diaryl/α,β-unsaturated/α-hetero) is 1. The SMILES string of the molecule is O=C(COC(=O)c1ccccc1NCCc1ccccc1)c1ccc(Cl)cc1. The molecule has 1 N–H and O–H groups in total. The molecule has 0 bridgehead atoms. The van der Waals surface area contributed by atoms with Crippen LogP contribution in [0.15, 0.2) is 78.9 Å². The van der Waals surface area contributed by atoms with Crippen LogP contribution in [0.4, 0.5) is 5.69 Å². The minimum Gasteiger partial charge on any atom is -0.454 e. The van der Waals surface area contributed by atoms with Crippen LogP contribution in [0.3, 0.4) is 0 Å². The van der Waals surface area contributed by atoms with Crippen LogP contribution >= 0.6 is 11.6 Å². The van der Waals surface area contributed by atoms with Gasteiger partial charge in [0, 0.05) is 22.8 Å². The van der Waals surface area contributed by atoms with Gasteiger partial charge in [0.25, 0.3) is 0 Å². The van der Waals surface area contributed by atoms with E-state index in [1.54, 1.807) is 36.4 Å². The van der Waals surface area contributed by atoms with Gasteiger partial charge in [-0.3, -0.25) is 4.79 Å². The molecule has 0 amide bonds. The number of benzene rings is 3. The summed E-state index contributed by atoms with van der Waals surface area (Å²) in [6.45, 7) is 0.358. The van der Waals surface area contributed by atoms with Crippen molar-refractivity contribution in [2.75, 3.05) is 18.5 Å². The van der Waals surface area contributed by atoms with E-state index in [0.717, 1.165) is 6.42 Å². The second-order valence-corrected chi connectivity index (χ2v) is 6.65. The van der Waals surface area contributed by atoms with E-state index >= 15 is 0 Å². The number of para-hydroxylation sites is 1. The average Bonchev–Trinajstić information content (AvgIpc) is 2.73. The van der Waals surface area contributed by atoms with Crippen molar-refractivity contribution in [3.05, 3.63) is 101 Å². The highest BCUT2D eigenvalue weighted by Crippen LogP contribution is 2.17. The van der Waals surface area contributed by atoms with Gasteiger partial charge in [0.2, 0.25) is 0 Å². The molecule has 0 aliphatic carbocycles. The summed E-state index contributed by atoms with van der Waals surface area (Å²) in [7, 11) is 0. The molecule has 0 spiro atoms. The molecule has 142 valence electrons. The Bertz CT molecular complexity index is 940. The Hall–Kier alpha value is -3.11. The quantitative estimate of drug-likeness (QED) is 0.430. The lowest BCUT2D eigenvalue weighted by molar-refractivity contribution is 0.0475. The molecule has 0 aromatic heterocycles. The van der Waals surface area contributed by atoms with Gasteiger partial charge in [-0.15, -0.1) is 0 Å². The molecule has 3 rings (SSSR count). The minimum atomic E-state index is -0.537. The molecule has 0 radical (unpaired) electrons. The van der Waals surface area contributed by atoms with Crippen LogP contribution in [0.2, 0.25) is 5.02 Å². The van der Waals surface area contributed by atoms with Crippen LogP contribution < -0.4 is 5.32 Å². The van der Waals surface area contributed by atoms with Gasteiger partial charge in [0.05, 0.1) is 5.56 Å². The van der Waals surface area contributed by atoms with E-state index in [1.165, 1.54) is 5.56 Å². The summed E-state index contributed by atoms with van der Waals surface area (Å²) >= 11 is 5.82. The van der Waals surface area contributed by atoms with Gasteiger partial charge in [-0.2, -0.15) is 0 Å². The maximum atomic E-state index is 12.5. The van der Waals surface area contributed by atoms with E-state index in [1.807, 2.05) is 30.3 Å². The molecule has 0 unspecified atom stereocenters. The van der Waals surface area contributed by atoms with Crippen molar-refractivity contribution in [2.24, 2.45) is 0 Å². The van der Waals surface area contributed by atoms with Crippen molar-refractivity contribution in [3.8, 4) is 0 Å². The fourth-order valence-corrected chi connectivity index (χ4v) is 2.86. The maximum absolute atomic E-state index is 12.5. The van der Waals surface area contributed by atoms with Crippen LogP contribution in [0.5, 0.6) is 0 Å². The number of halogens is 1. The molecule has 0 aliphatic rings. The molecule has 0 saturated heterocycles. The molecule has 4 nitrogen and oxygen atoms in total. The average molecular weight is 394 g/mol. The van der Waals surface area contributed by atoms with E-state index in [0.29, 0.717) is 28.4 Å². The number of ether oxygens (including phenoxy) is 1. The summed E-state index contributed by atoms with van der Waals surface area (Å²) in [6, 6.07) is 23.7. The molecule has 0 fully saturated rings. The Morgan fingerprint density at radius 1 is 0.857 bits per heavy atom. The van der Waals surface area contributed by atoms with E-state index < -0.39 is 5.97 Å². The minimum absolute atomic E-state index is 0.278. The number of carbonyl (C=O) groups excluding carboxylic acids is 2. The number of rotatable bonds is 8. The lowest BCUT2D eigenvalue weighted by Gasteiger charge is -2.12. The summed E-state index contributed by atoms with van der Waals surface area (Å²) in [4.78, 5) is 24.6. The fourth-order valence-electron chi connectivity index (χ4n) is 2.73. The molecule has 28 heavy (non-hydrogen) atoms. The van der Waals surface area contributed by atoms with Gasteiger partial charge in [-0.1, -0.05) is 54.1 Å². The molecule has 3 aromatic rings. The lowest BCUT2D eigenvalue weighted by Crippen LogP contribution is -2.16. The van der Waals surface area contributed by atoms with Crippen molar-refractivity contribution in [1.29, 1.82) is 0 Å². The van der Waals surface area contributed by atoms with Gasteiger partial charge in [0.15, 0.2) is 12.4 Å². The van der Waals surface area contributed by atoms with Crippen LogP contribution in [-0.4, -0.2) is 24.9 Å². The van der Waals surface area contributed by atoms with E-state index in [-0.39, 0.29) is 12.4 Å². The van der Waals surface area contributed by atoms with Crippen LogP contribution in [0.25, 0.3) is 0 Å². The lowest BCUT2D eigenvalue weighted by atomic mass is 10.1. The van der Waals surface area contributed by atoms with Crippen LogP contribution in [0.1, 0.15) is 26.3 Å². The summed E-state index contributed by atoms with van der Waals surface area (Å²) in [5.74, 6) is -0.815. The summed E-state index contributed by atoms with van der Waals surface area (Å²) in [5, 5.41) is 3.81. The highest BCUT2D eigenvalue weighted by atomic mass is 35.5. The number of hydrogen-bond donors (Lipinski definition) is 1. The number of nitrogens with one attached hydrogen (secondary N) is 1. The fraction of sp³-hybridized carbons (Fsp3) is 0.130. The summed E-state index contributed by atoms with van der Waals surface area (Å²) < 4.78 is 5.22. The van der Waals surface area contributed by atoms with Crippen molar-refractivity contribution >= 4 is 29.0 Å². The number of carbonyl (C=O) groups is 2. The smallest absolute Gasteiger partial charge is 0.340 e. The van der Waals surface area contributed by atoms with Crippen molar-refractivity contribution < 1.29 is 14.3 Å². The third-order valence-electron chi connectivity index (χ3n) is 4.22. The molecule has 0 saturated carbocycles. The Morgan fingerprint density at radius 3 is 2.29 bits per heavy atom. The normalized spacial score (nSPS) is 10.3. The van der Waals surface area contributed by atoms with Crippen molar-refractivity contribution in [3.63, 3.8) is 0 Å². The van der Waals surface area contributed by atoms with Crippen LogP contribution in [0, 0.1) is 0 Å². The second-order valence-electron chi connectivity index (χ2n) is 6.21. The first-order valence-electron chi connectivity index (χ1n) is 8.96. The van der Waals surface area contributed by atoms with Gasteiger partial charge in [-0.25, -0.2) is 4.79 Å². The third kappa shape index (κ3) is 5.44. The number of esters is 1. The van der Waals surface area contributed by atoms with Crippen molar-refractivity contribution in [1.82, 2.24) is 0 Å². The summed E-state index contributed by atoms with van der Waals surface area (Å²) in [5.41, 5.74) is 2.75. The molecule has 5 heteroatoms. The number of hydrogen-bond acceptors (Lipinski definition) is 4. The Morgan fingerprint density at radius 2 is 1.54 bits per heavy atom. The first kappa shape index (κ1) is 19.6. The standard InChI is InChI=1S/C23H20ClNO3/c24-19-12-10-18(11-13-19)22(26)16-28-23(27)20-8-4-5-9-21(20)25-15-14-17-6-2-1-3-7-17/h1-13,25H,14-16H2. The summed E-state index contributed by atoms with van der Waals surface area (Å²) in [6.07, 6.45) is 0.833. The Labute approximate surface area is 169 Å². The monoisotopic (exact) mass is 393 g/mol. The predicted molar refractivity (Wildman–Crippen MR) is 111 cm³/mol. The topological polar surface area (TPSA) is 55.4 Å². The zero-order chi connectivity index (χ0) is 19.8. The zero-order valence-electron chi connectivity index (χ0n) is 15.2. The van der Waals surface area contributed by atoms with Crippen LogP contribution in [-0.2, 0) is 11.2 Å². The molecular formula is C23H20ClNO3. The highest BCUT2D eigenvalue weighted by Gasteiger charge is 2.15. The van der Waals surface area contributed by atoms with E-state index in [9.17, 15) is 9.59 Å². The first-order chi connectivity index (χ1) is 13.6. The third-order valence-corrected chi connectivity index (χ3v) is 4.47. The molecule has 0 aliphatic heterocycles. The number of anilines is 1. The van der Waals surface area contributed by atoms with Gasteiger partial charge >= 0.3 is 5.97 Å². The second kappa shape index (κ2) is 9.72. The molecule has 3 aromatic carbocycles. The zero-order valence-corrected chi connectivity index (χ0v) is 16.0. The van der Waals surface area contributed by atoms with Gasteiger partial charge in [0.1, 0.15) is 0 Å².